The normalized spacial score (nSPS) is 17.6. The topological polar surface area (TPSA) is 81.5 Å². The Hall–Kier alpha value is -2.22. The summed E-state index contributed by atoms with van der Waals surface area (Å²) in [6.07, 6.45) is 3.25. The van der Waals surface area contributed by atoms with E-state index in [-0.39, 0.29) is 36.3 Å². The number of carbonyl (C=O) groups excluding carboxylic acids is 2. The number of likely N-dealkylation sites (tertiary alicyclic amines) is 1. The largest absolute Gasteiger partial charge is 0.466 e. The van der Waals surface area contributed by atoms with Crippen molar-refractivity contribution < 1.29 is 14.3 Å². The third kappa shape index (κ3) is 3.89. The Balaban J connectivity index is 1.60. The molecule has 25 heavy (non-hydrogen) atoms. The number of piperidine rings is 1. The smallest absolute Gasteiger partial charge is 0.310 e. The van der Waals surface area contributed by atoms with Crippen LogP contribution < -0.4 is 5.56 Å². The van der Waals surface area contributed by atoms with E-state index in [9.17, 15) is 14.4 Å². The van der Waals surface area contributed by atoms with E-state index < -0.39 is 0 Å². The maximum atomic E-state index is 12.5. The summed E-state index contributed by atoms with van der Waals surface area (Å²) in [5, 5.41) is 2.41. The predicted molar refractivity (Wildman–Crippen MR) is 94.4 cm³/mol. The number of hydrogen-bond donors (Lipinski definition) is 0. The van der Waals surface area contributed by atoms with Gasteiger partial charge in [-0.2, -0.15) is 0 Å². The highest BCUT2D eigenvalue weighted by atomic mass is 32.1. The second kappa shape index (κ2) is 7.77. The Labute approximate surface area is 149 Å². The van der Waals surface area contributed by atoms with Crippen molar-refractivity contribution in [1.29, 1.82) is 0 Å². The molecule has 1 atom stereocenters. The minimum absolute atomic E-state index is 0.0497. The summed E-state index contributed by atoms with van der Waals surface area (Å²) in [5.41, 5.74) is -0.123. The van der Waals surface area contributed by atoms with Gasteiger partial charge in [0.1, 0.15) is 4.83 Å². The molecule has 3 rings (SSSR count). The number of aromatic nitrogens is 2. The molecule has 1 fully saturated rings. The number of fused-ring (bicyclic) bond motifs is 1. The first kappa shape index (κ1) is 17.6. The van der Waals surface area contributed by atoms with Gasteiger partial charge in [0.25, 0.3) is 5.56 Å². The van der Waals surface area contributed by atoms with Crippen LogP contribution in [-0.2, 0) is 20.9 Å². The average Bonchev–Trinajstić information content (AvgIpc) is 3.11. The highest BCUT2D eigenvalue weighted by molar-refractivity contribution is 7.16. The maximum absolute atomic E-state index is 12.5. The number of thiophene rings is 1. The molecule has 1 aliphatic rings. The molecule has 1 saturated heterocycles. The van der Waals surface area contributed by atoms with Gasteiger partial charge in [-0.3, -0.25) is 19.0 Å². The van der Waals surface area contributed by atoms with Crippen molar-refractivity contribution in [3.63, 3.8) is 0 Å². The molecule has 134 valence electrons. The molecule has 0 aliphatic carbocycles. The number of aryl methyl sites for hydroxylation is 1. The maximum Gasteiger partial charge on any atom is 0.310 e. The summed E-state index contributed by atoms with van der Waals surface area (Å²) in [7, 11) is 0. The van der Waals surface area contributed by atoms with Crippen LogP contribution in [-0.4, -0.2) is 46.0 Å². The van der Waals surface area contributed by atoms with Crippen molar-refractivity contribution in [2.75, 3.05) is 19.7 Å². The fourth-order valence-electron chi connectivity index (χ4n) is 3.08. The fourth-order valence-corrected chi connectivity index (χ4v) is 3.81. The molecule has 1 amide bonds. The number of esters is 1. The van der Waals surface area contributed by atoms with E-state index in [1.54, 1.807) is 17.9 Å². The Morgan fingerprint density at radius 3 is 3.08 bits per heavy atom. The second-order valence-corrected chi connectivity index (χ2v) is 6.96. The molecule has 0 aromatic carbocycles. The van der Waals surface area contributed by atoms with Crippen molar-refractivity contribution in [2.45, 2.75) is 32.7 Å². The van der Waals surface area contributed by atoms with Crippen LogP contribution in [0.5, 0.6) is 0 Å². The van der Waals surface area contributed by atoms with Crippen molar-refractivity contribution in [3.05, 3.63) is 28.1 Å². The van der Waals surface area contributed by atoms with Crippen LogP contribution in [0.2, 0.25) is 0 Å². The van der Waals surface area contributed by atoms with E-state index in [4.69, 9.17) is 4.74 Å². The summed E-state index contributed by atoms with van der Waals surface area (Å²) in [6, 6.07) is 1.75. The molecule has 7 nitrogen and oxygen atoms in total. The van der Waals surface area contributed by atoms with E-state index >= 15 is 0 Å². The summed E-state index contributed by atoms with van der Waals surface area (Å²) < 4.78 is 6.53. The Kier molecular flexibility index (Phi) is 5.47. The van der Waals surface area contributed by atoms with Crippen LogP contribution in [0.1, 0.15) is 26.2 Å². The molecule has 0 saturated carbocycles. The number of nitrogens with zero attached hydrogens (tertiary/aromatic N) is 3. The second-order valence-electron chi connectivity index (χ2n) is 6.06. The molecule has 2 aromatic heterocycles. The van der Waals surface area contributed by atoms with Crippen molar-refractivity contribution in [3.8, 4) is 0 Å². The predicted octanol–water partition coefficient (Wildman–Crippen LogP) is 1.65. The van der Waals surface area contributed by atoms with Gasteiger partial charge in [0.05, 0.1) is 24.2 Å². The number of hydrogen-bond acceptors (Lipinski definition) is 6. The van der Waals surface area contributed by atoms with Crippen LogP contribution >= 0.6 is 11.3 Å². The van der Waals surface area contributed by atoms with Gasteiger partial charge < -0.3 is 9.64 Å². The van der Waals surface area contributed by atoms with E-state index in [1.165, 1.54) is 22.2 Å². The molecule has 0 N–H and O–H groups in total. The number of rotatable bonds is 5. The molecule has 1 aliphatic heterocycles. The van der Waals surface area contributed by atoms with Gasteiger partial charge in [0, 0.05) is 26.1 Å². The number of amides is 1. The van der Waals surface area contributed by atoms with E-state index in [1.807, 2.05) is 5.38 Å². The Morgan fingerprint density at radius 1 is 1.44 bits per heavy atom. The number of ether oxygens (including phenoxy) is 1. The van der Waals surface area contributed by atoms with Gasteiger partial charge in [-0.25, -0.2) is 4.98 Å². The molecule has 1 unspecified atom stereocenters. The SMILES string of the molecule is CCOC(=O)C1CCCN(C(=O)CCn2cnc3sccc3c2=O)C1. The minimum Gasteiger partial charge on any atom is -0.466 e. The molecule has 8 heteroatoms. The highest BCUT2D eigenvalue weighted by Gasteiger charge is 2.29. The van der Waals surface area contributed by atoms with Crippen molar-refractivity contribution in [2.24, 2.45) is 5.92 Å². The third-order valence-electron chi connectivity index (χ3n) is 4.41. The molecule has 0 spiro atoms. The van der Waals surface area contributed by atoms with Crippen LogP contribution in [0, 0.1) is 5.92 Å². The summed E-state index contributed by atoms with van der Waals surface area (Å²) in [4.78, 5) is 43.3. The first-order valence-corrected chi connectivity index (χ1v) is 9.35. The molecular weight excluding hydrogens is 342 g/mol. The van der Waals surface area contributed by atoms with Gasteiger partial charge in [0.15, 0.2) is 0 Å². The first-order valence-electron chi connectivity index (χ1n) is 8.47. The van der Waals surface area contributed by atoms with Gasteiger partial charge in [-0.05, 0) is 31.2 Å². The van der Waals surface area contributed by atoms with Crippen molar-refractivity contribution in [1.82, 2.24) is 14.5 Å². The lowest BCUT2D eigenvalue weighted by Crippen LogP contribution is -2.43. The van der Waals surface area contributed by atoms with E-state index in [0.717, 1.165) is 12.8 Å². The monoisotopic (exact) mass is 363 g/mol. The lowest BCUT2D eigenvalue weighted by molar-refractivity contribution is -0.151. The molecule has 3 heterocycles. The fraction of sp³-hybridized carbons (Fsp3) is 0.529. The minimum atomic E-state index is -0.246. The Bertz CT molecular complexity index is 829. The lowest BCUT2D eigenvalue weighted by atomic mass is 9.98. The average molecular weight is 363 g/mol. The summed E-state index contributed by atoms with van der Waals surface area (Å²) >= 11 is 1.42. The lowest BCUT2D eigenvalue weighted by Gasteiger charge is -2.31. The number of carbonyl (C=O) groups is 2. The van der Waals surface area contributed by atoms with Crippen molar-refractivity contribution >= 4 is 33.4 Å². The van der Waals surface area contributed by atoms with Gasteiger partial charge in [-0.15, -0.1) is 11.3 Å². The molecule has 0 bridgehead atoms. The highest BCUT2D eigenvalue weighted by Crippen LogP contribution is 2.19. The zero-order valence-corrected chi connectivity index (χ0v) is 15.0. The van der Waals surface area contributed by atoms with Crippen LogP contribution in [0.4, 0.5) is 0 Å². The van der Waals surface area contributed by atoms with Gasteiger partial charge in [-0.1, -0.05) is 0 Å². The standard InChI is InChI=1S/C17H21N3O4S/c1-2-24-17(23)12-4-3-7-19(10-12)14(21)5-8-20-11-18-15-13(16(20)22)6-9-25-15/h6,9,11-12H,2-5,7-8,10H2,1H3. The molecule has 2 aromatic rings. The first-order chi connectivity index (χ1) is 12.1. The van der Waals surface area contributed by atoms with Crippen LogP contribution in [0.3, 0.4) is 0 Å². The van der Waals surface area contributed by atoms with Crippen LogP contribution in [0.25, 0.3) is 10.2 Å². The zero-order chi connectivity index (χ0) is 17.8. The summed E-state index contributed by atoms with van der Waals surface area (Å²) in [5.74, 6) is -0.529. The quantitative estimate of drug-likeness (QED) is 0.755. The van der Waals surface area contributed by atoms with E-state index in [2.05, 4.69) is 4.98 Å². The van der Waals surface area contributed by atoms with Gasteiger partial charge in [0.2, 0.25) is 5.91 Å². The molecular formula is C17H21N3O4S. The van der Waals surface area contributed by atoms with E-state index in [0.29, 0.717) is 29.9 Å². The third-order valence-corrected chi connectivity index (χ3v) is 5.23. The molecule has 0 radical (unpaired) electrons. The van der Waals surface area contributed by atoms with Crippen LogP contribution in [0.15, 0.2) is 22.6 Å². The van der Waals surface area contributed by atoms with Gasteiger partial charge >= 0.3 is 5.97 Å². The summed E-state index contributed by atoms with van der Waals surface area (Å²) in [6.45, 7) is 3.46. The Morgan fingerprint density at radius 2 is 2.28 bits per heavy atom. The zero-order valence-electron chi connectivity index (χ0n) is 14.1.